The van der Waals surface area contributed by atoms with Gasteiger partial charge in [-0.3, -0.25) is 4.79 Å². The maximum Gasteiger partial charge on any atom is 0.221 e. The van der Waals surface area contributed by atoms with Crippen LogP contribution in [0.4, 0.5) is 0 Å². The molecule has 0 rings (SSSR count). The molecule has 0 aromatic heterocycles. The van der Waals surface area contributed by atoms with Crippen molar-refractivity contribution in [2.45, 2.75) is 45.3 Å². The van der Waals surface area contributed by atoms with Gasteiger partial charge in [0.1, 0.15) is 0 Å². The summed E-state index contributed by atoms with van der Waals surface area (Å²) in [7, 11) is 1.59. The largest absolute Gasteiger partial charge is 0.388 e. The molecule has 0 aliphatic rings. The fourth-order valence-corrected chi connectivity index (χ4v) is 1.26. The summed E-state index contributed by atoms with van der Waals surface area (Å²) in [6, 6.07) is 0.382. The first kappa shape index (κ1) is 16.4. The predicted molar refractivity (Wildman–Crippen MR) is 67.9 cm³/mol. The smallest absolute Gasteiger partial charge is 0.221 e. The van der Waals surface area contributed by atoms with E-state index in [-0.39, 0.29) is 12.5 Å². The van der Waals surface area contributed by atoms with Gasteiger partial charge in [-0.2, -0.15) is 0 Å². The van der Waals surface area contributed by atoms with E-state index in [2.05, 4.69) is 10.6 Å². The molecule has 0 saturated carbocycles. The van der Waals surface area contributed by atoms with Gasteiger partial charge in [-0.1, -0.05) is 13.8 Å². The van der Waals surface area contributed by atoms with E-state index in [0.717, 1.165) is 0 Å². The van der Waals surface area contributed by atoms with Crippen LogP contribution in [0, 0.1) is 0 Å². The minimum absolute atomic E-state index is 0.0455. The number of hydrogen-bond acceptors (Lipinski definition) is 4. The molecule has 0 aromatic carbocycles. The Hall–Kier alpha value is -0.650. The van der Waals surface area contributed by atoms with Crippen molar-refractivity contribution in [3.05, 3.63) is 0 Å². The Balaban J connectivity index is 3.67. The van der Waals surface area contributed by atoms with Gasteiger partial charge >= 0.3 is 0 Å². The number of nitrogens with one attached hydrogen (secondary N) is 2. The van der Waals surface area contributed by atoms with Gasteiger partial charge in [0.2, 0.25) is 5.91 Å². The standard InChI is InChI=1S/C12H26N2O3/c1-10(2)13-7-5-11(15)14-9-12(3,16)6-8-17-4/h10,13,16H,5-9H2,1-4H3,(H,14,15). The number of aliphatic hydroxyl groups is 1. The lowest BCUT2D eigenvalue weighted by Crippen LogP contribution is -2.42. The third-order valence-electron chi connectivity index (χ3n) is 2.42. The molecule has 0 saturated heterocycles. The maximum absolute atomic E-state index is 11.5. The van der Waals surface area contributed by atoms with Crippen molar-refractivity contribution < 1.29 is 14.6 Å². The molecular weight excluding hydrogens is 220 g/mol. The minimum Gasteiger partial charge on any atom is -0.388 e. The molecule has 0 bridgehead atoms. The molecule has 5 heteroatoms. The Labute approximate surface area is 104 Å². The second-order valence-electron chi connectivity index (χ2n) is 4.88. The molecule has 102 valence electrons. The SMILES string of the molecule is COCCC(C)(O)CNC(=O)CCNC(C)C. The van der Waals surface area contributed by atoms with Gasteiger partial charge in [-0.05, 0) is 6.92 Å². The molecule has 5 nitrogen and oxygen atoms in total. The number of carbonyl (C=O) groups excluding carboxylic acids is 1. The lowest BCUT2D eigenvalue weighted by molar-refractivity contribution is -0.122. The molecule has 1 atom stereocenters. The molecule has 1 unspecified atom stereocenters. The normalized spacial score (nSPS) is 14.7. The summed E-state index contributed by atoms with van der Waals surface area (Å²) < 4.78 is 4.89. The number of ether oxygens (including phenoxy) is 1. The van der Waals surface area contributed by atoms with Gasteiger partial charge in [0.05, 0.1) is 5.60 Å². The van der Waals surface area contributed by atoms with Crippen LogP contribution in [0.2, 0.25) is 0 Å². The van der Waals surface area contributed by atoms with Crippen LogP contribution in [0.15, 0.2) is 0 Å². The van der Waals surface area contributed by atoms with Crippen molar-refractivity contribution in [1.82, 2.24) is 10.6 Å². The van der Waals surface area contributed by atoms with Crippen molar-refractivity contribution >= 4 is 5.91 Å². The first-order valence-electron chi connectivity index (χ1n) is 6.09. The van der Waals surface area contributed by atoms with E-state index in [4.69, 9.17) is 4.74 Å². The van der Waals surface area contributed by atoms with Crippen molar-refractivity contribution in [1.29, 1.82) is 0 Å². The highest BCUT2D eigenvalue weighted by molar-refractivity contribution is 5.76. The number of rotatable bonds is 9. The second kappa shape index (κ2) is 8.44. The van der Waals surface area contributed by atoms with Crippen LogP contribution < -0.4 is 10.6 Å². The van der Waals surface area contributed by atoms with Crippen molar-refractivity contribution in [3.8, 4) is 0 Å². The number of amides is 1. The van der Waals surface area contributed by atoms with Gasteiger partial charge in [0.25, 0.3) is 0 Å². The zero-order chi connectivity index (χ0) is 13.3. The third-order valence-corrected chi connectivity index (χ3v) is 2.42. The highest BCUT2D eigenvalue weighted by atomic mass is 16.5. The van der Waals surface area contributed by atoms with Crippen LogP contribution in [0.1, 0.15) is 33.6 Å². The third kappa shape index (κ3) is 10.2. The molecule has 0 radical (unpaired) electrons. The van der Waals surface area contributed by atoms with Crippen LogP contribution in [0.25, 0.3) is 0 Å². The van der Waals surface area contributed by atoms with Crippen LogP contribution in [0.5, 0.6) is 0 Å². The Morgan fingerprint density at radius 2 is 2.12 bits per heavy atom. The maximum atomic E-state index is 11.5. The molecule has 0 heterocycles. The van der Waals surface area contributed by atoms with E-state index in [9.17, 15) is 9.90 Å². The van der Waals surface area contributed by atoms with Crippen molar-refractivity contribution in [2.24, 2.45) is 0 Å². The zero-order valence-electron chi connectivity index (χ0n) is 11.4. The van der Waals surface area contributed by atoms with Gasteiger partial charge < -0.3 is 20.5 Å². The summed E-state index contributed by atoms with van der Waals surface area (Å²) in [6.07, 6.45) is 0.937. The van der Waals surface area contributed by atoms with E-state index in [0.29, 0.717) is 32.0 Å². The number of methoxy groups -OCH3 is 1. The van der Waals surface area contributed by atoms with Gasteiger partial charge in [0, 0.05) is 45.7 Å². The molecule has 0 fully saturated rings. The summed E-state index contributed by atoms with van der Waals surface area (Å²) >= 11 is 0. The number of carbonyl (C=O) groups is 1. The van der Waals surface area contributed by atoms with E-state index in [1.54, 1.807) is 14.0 Å². The molecular formula is C12H26N2O3. The molecule has 0 aromatic rings. The van der Waals surface area contributed by atoms with Crippen LogP contribution >= 0.6 is 0 Å². The highest BCUT2D eigenvalue weighted by Crippen LogP contribution is 2.07. The van der Waals surface area contributed by atoms with E-state index < -0.39 is 5.60 Å². The average Bonchev–Trinajstić information content (AvgIpc) is 2.23. The fourth-order valence-electron chi connectivity index (χ4n) is 1.26. The van der Waals surface area contributed by atoms with Gasteiger partial charge in [-0.25, -0.2) is 0 Å². The topological polar surface area (TPSA) is 70.6 Å². The summed E-state index contributed by atoms with van der Waals surface area (Å²) in [4.78, 5) is 11.5. The number of hydrogen-bond donors (Lipinski definition) is 3. The first-order chi connectivity index (χ1) is 7.87. The van der Waals surface area contributed by atoms with Crippen LogP contribution in [-0.2, 0) is 9.53 Å². The molecule has 17 heavy (non-hydrogen) atoms. The van der Waals surface area contributed by atoms with E-state index in [1.807, 2.05) is 13.8 Å². The van der Waals surface area contributed by atoms with E-state index >= 15 is 0 Å². The summed E-state index contributed by atoms with van der Waals surface area (Å²) in [6.45, 7) is 7.16. The predicted octanol–water partition coefficient (Wildman–Crippen LogP) is 0.278. The summed E-state index contributed by atoms with van der Waals surface area (Å²) in [5, 5.41) is 15.8. The quantitative estimate of drug-likeness (QED) is 0.546. The molecule has 0 spiro atoms. The van der Waals surface area contributed by atoms with E-state index in [1.165, 1.54) is 0 Å². The van der Waals surface area contributed by atoms with Crippen LogP contribution in [-0.4, -0.2) is 49.5 Å². The Kier molecular flexibility index (Phi) is 8.12. The Bertz CT molecular complexity index is 218. The molecule has 0 aliphatic heterocycles. The Morgan fingerprint density at radius 1 is 1.47 bits per heavy atom. The molecule has 0 aliphatic carbocycles. The summed E-state index contributed by atoms with van der Waals surface area (Å²) in [5.74, 6) is -0.0455. The van der Waals surface area contributed by atoms with Gasteiger partial charge in [0.15, 0.2) is 0 Å². The lowest BCUT2D eigenvalue weighted by atomic mass is 10.0. The van der Waals surface area contributed by atoms with Crippen LogP contribution in [0.3, 0.4) is 0 Å². The van der Waals surface area contributed by atoms with Gasteiger partial charge in [-0.15, -0.1) is 0 Å². The Morgan fingerprint density at radius 3 is 2.65 bits per heavy atom. The molecule has 1 amide bonds. The minimum atomic E-state index is -0.906. The second-order valence-corrected chi connectivity index (χ2v) is 4.88. The summed E-state index contributed by atoms with van der Waals surface area (Å²) in [5.41, 5.74) is -0.906. The monoisotopic (exact) mass is 246 g/mol. The van der Waals surface area contributed by atoms with Crippen molar-refractivity contribution in [3.63, 3.8) is 0 Å². The fraction of sp³-hybridized carbons (Fsp3) is 0.917. The van der Waals surface area contributed by atoms with Crippen molar-refractivity contribution in [2.75, 3.05) is 26.8 Å². The lowest BCUT2D eigenvalue weighted by Gasteiger charge is -2.23. The first-order valence-corrected chi connectivity index (χ1v) is 6.09. The highest BCUT2D eigenvalue weighted by Gasteiger charge is 2.20. The zero-order valence-corrected chi connectivity index (χ0v) is 11.4. The molecule has 3 N–H and O–H groups in total. The average molecular weight is 246 g/mol.